The second-order valence-corrected chi connectivity index (χ2v) is 6.90. The molecular weight excluding hydrogens is 345 g/mol. The molecule has 0 spiro atoms. The molecule has 1 heterocycles. The van der Waals surface area contributed by atoms with Gasteiger partial charge in [0.1, 0.15) is 16.9 Å². The minimum absolute atomic E-state index is 0.130. The van der Waals surface area contributed by atoms with Gasteiger partial charge >= 0.3 is 11.8 Å². The van der Waals surface area contributed by atoms with Crippen LogP contribution in [0.5, 0.6) is 5.75 Å². The highest BCUT2D eigenvalue weighted by molar-refractivity contribution is 5.83. The highest BCUT2D eigenvalue weighted by Crippen LogP contribution is 2.36. The standard InChI is InChI=1S/C20H17F3O3/c1-19(2,3)26-13-9-8-12-10-15(18(24)25-17(12)11-13)14-6-4-5-7-16(14)20(21,22)23/h4-11H,1-3H3. The van der Waals surface area contributed by atoms with E-state index < -0.39 is 23.0 Å². The number of alkyl halides is 3. The molecule has 0 saturated carbocycles. The Kier molecular flexibility index (Phi) is 4.30. The Morgan fingerprint density at radius 3 is 2.27 bits per heavy atom. The molecule has 0 N–H and O–H groups in total. The SMILES string of the molecule is CC(C)(C)Oc1ccc2cc(-c3ccccc3C(F)(F)F)c(=O)oc2c1. The van der Waals surface area contributed by atoms with Gasteiger partial charge in [-0.2, -0.15) is 13.2 Å². The molecule has 136 valence electrons. The van der Waals surface area contributed by atoms with E-state index >= 15 is 0 Å². The van der Waals surface area contributed by atoms with Crippen molar-refractivity contribution < 1.29 is 22.3 Å². The van der Waals surface area contributed by atoms with Gasteiger partial charge in [0.25, 0.3) is 0 Å². The molecule has 0 aliphatic heterocycles. The van der Waals surface area contributed by atoms with Crippen molar-refractivity contribution >= 4 is 11.0 Å². The summed E-state index contributed by atoms with van der Waals surface area (Å²) in [5, 5.41) is 0.512. The van der Waals surface area contributed by atoms with E-state index in [2.05, 4.69) is 0 Å². The second-order valence-electron chi connectivity index (χ2n) is 6.90. The number of hydrogen-bond acceptors (Lipinski definition) is 3. The molecule has 3 rings (SSSR count). The summed E-state index contributed by atoms with van der Waals surface area (Å²) in [4.78, 5) is 12.3. The molecule has 0 radical (unpaired) electrons. The summed E-state index contributed by atoms with van der Waals surface area (Å²) in [6.45, 7) is 5.64. The molecule has 0 bridgehead atoms. The largest absolute Gasteiger partial charge is 0.488 e. The zero-order valence-corrected chi connectivity index (χ0v) is 14.5. The third kappa shape index (κ3) is 3.74. The van der Waals surface area contributed by atoms with E-state index in [1.807, 2.05) is 20.8 Å². The van der Waals surface area contributed by atoms with Crippen molar-refractivity contribution in [1.29, 1.82) is 0 Å². The van der Waals surface area contributed by atoms with E-state index in [-0.39, 0.29) is 16.7 Å². The van der Waals surface area contributed by atoms with E-state index in [9.17, 15) is 18.0 Å². The van der Waals surface area contributed by atoms with Crippen molar-refractivity contribution in [2.75, 3.05) is 0 Å². The summed E-state index contributed by atoms with van der Waals surface area (Å²) >= 11 is 0. The van der Waals surface area contributed by atoms with Crippen LogP contribution in [0.15, 0.2) is 57.7 Å². The van der Waals surface area contributed by atoms with E-state index in [1.54, 1.807) is 18.2 Å². The molecule has 3 aromatic rings. The predicted molar refractivity (Wildman–Crippen MR) is 93.3 cm³/mol. The first-order valence-electron chi connectivity index (χ1n) is 7.98. The maximum atomic E-state index is 13.2. The monoisotopic (exact) mass is 362 g/mol. The van der Waals surface area contributed by atoms with Crippen LogP contribution < -0.4 is 10.4 Å². The molecule has 0 saturated heterocycles. The molecular formula is C20H17F3O3. The molecule has 0 aliphatic rings. The van der Waals surface area contributed by atoms with Gasteiger partial charge in [-0.3, -0.25) is 0 Å². The van der Waals surface area contributed by atoms with Gasteiger partial charge < -0.3 is 9.15 Å². The minimum atomic E-state index is -4.57. The first-order valence-corrected chi connectivity index (χ1v) is 7.98. The Morgan fingerprint density at radius 2 is 1.62 bits per heavy atom. The van der Waals surface area contributed by atoms with Crippen LogP contribution >= 0.6 is 0 Å². The molecule has 3 nitrogen and oxygen atoms in total. The van der Waals surface area contributed by atoms with Gasteiger partial charge in [-0.1, -0.05) is 18.2 Å². The maximum absolute atomic E-state index is 13.2. The lowest BCUT2D eigenvalue weighted by molar-refractivity contribution is -0.137. The van der Waals surface area contributed by atoms with E-state index in [1.165, 1.54) is 24.3 Å². The Morgan fingerprint density at radius 1 is 0.923 bits per heavy atom. The van der Waals surface area contributed by atoms with E-state index in [0.717, 1.165) is 6.07 Å². The first-order chi connectivity index (χ1) is 12.0. The fourth-order valence-electron chi connectivity index (χ4n) is 2.66. The molecule has 26 heavy (non-hydrogen) atoms. The van der Waals surface area contributed by atoms with Crippen LogP contribution in [0.25, 0.3) is 22.1 Å². The van der Waals surface area contributed by atoms with Crippen LogP contribution in [0.2, 0.25) is 0 Å². The molecule has 0 amide bonds. The number of fused-ring (bicyclic) bond motifs is 1. The lowest BCUT2D eigenvalue weighted by atomic mass is 10.00. The van der Waals surface area contributed by atoms with Gasteiger partial charge in [0, 0.05) is 17.0 Å². The molecule has 0 atom stereocenters. The van der Waals surface area contributed by atoms with Crippen molar-refractivity contribution in [2.24, 2.45) is 0 Å². The van der Waals surface area contributed by atoms with Crippen LogP contribution in [-0.4, -0.2) is 5.60 Å². The first kappa shape index (κ1) is 18.0. The molecule has 0 fully saturated rings. The Bertz CT molecular complexity index is 1010. The van der Waals surface area contributed by atoms with Crippen LogP contribution in [-0.2, 0) is 6.18 Å². The molecule has 1 aromatic heterocycles. The summed E-state index contributed by atoms with van der Waals surface area (Å²) in [6, 6.07) is 11.2. The summed E-state index contributed by atoms with van der Waals surface area (Å²) in [5.41, 5.74) is -2.22. The van der Waals surface area contributed by atoms with E-state index in [4.69, 9.17) is 9.15 Å². The van der Waals surface area contributed by atoms with Crippen LogP contribution in [0.3, 0.4) is 0 Å². The van der Waals surface area contributed by atoms with Crippen LogP contribution in [0, 0.1) is 0 Å². The minimum Gasteiger partial charge on any atom is -0.488 e. The zero-order valence-electron chi connectivity index (χ0n) is 14.5. The second kappa shape index (κ2) is 6.20. The number of benzene rings is 2. The van der Waals surface area contributed by atoms with Crippen molar-refractivity contribution in [1.82, 2.24) is 0 Å². The third-order valence-corrected chi connectivity index (χ3v) is 3.65. The van der Waals surface area contributed by atoms with Crippen LogP contribution in [0.1, 0.15) is 26.3 Å². The molecule has 0 aliphatic carbocycles. The Balaban J connectivity index is 2.15. The number of halogens is 3. The van der Waals surface area contributed by atoms with Crippen molar-refractivity contribution in [2.45, 2.75) is 32.5 Å². The lowest BCUT2D eigenvalue weighted by Crippen LogP contribution is -2.22. The number of rotatable bonds is 2. The summed E-state index contributed by atoms with van der Waals surface area (Å²) in [6.07, 6.45) is -4.57. The zero-order chi connectivity index (χ0) is 19.1. The van der Waals surface area contributed by atoms with Gasteiger partial charge in [-0.15, -0.1) is 0 Å². The maximum Gasteiger partial charge on any atom is 0.417 e. The smallest absolute Gasteiger partial charge is 0.417 e. The van der Waals surface area contributed by atoms with Crippen molar-refractivity contribution in [3.8, 4) is 16.9 Å². The van der Waals surface area contributed by atoms with Crippen molar-refractivity contribution in [3.63, 3.8) is 0 Å². The van der Waals surface area contributed by atoms with Gasteiger partial charge in [0.05, 0.1) is 11.1 Å². The fraction of sp³-hybridized carbons (Fsp3) is 0.250. The molecule has 6 heteroatoms. The van der Waals surface area contributed by atoms with Gasteiger partial charge in [-0.05, 0) is 45.0 Å². The number of ether oxygens (including phenoxy) is 1. The van der Waals surface area contributed by atoms with Gasteiger partial charge in [0.2, 0.25) is 0 Å². The Labute approximate surface area is 148 Å². The fourth-order valence-corrected chi connectivity index (χ4v) is 2.66. The molecule has 0 unspecified atom stereocenters. The average molecular weight is 362 g/mol. The van der Waals surface area contributed by atoms with Crippen molar-refractivity contribution in [3.05, 3.63) is 64.5 Å². The third-order valence-electron chi connectivity index (χ3n) is 3.65. The normalized spacial score (nSPS) is 12.4. The summed E-state index contributed by atoms with van der Waals surface area (Å²) < 4.78 is 50.7. The average Bonchev–Trinajstić information content (AvgIpc) is 2.52. The van der Waals surface area contributed by atoms with E-state index in [0.29, 0.717) is 11.1 Å². The summed E-state index contributed by atoms with van der Waals surface area (Å²) in [5.74, 6) is 0.511. The van der Waals surface area contributed by atoms with Crippen LogP contribution in [0.4, 0.5) is 13.2 Å². The quantitative estimate of drug-likeness (QED) is 0.553. The predicted octanol–water partition coefficient (Wildman–Crippen LogP) is 5.66. The highest BCUT2D eigenvalue weighted by Gasteiger charge is 2.34. The highest BCUT2D eigenvalue weighted by atomic mass is 19.4. The number of hydrogen-bond donors (Lipinski definition) is 0. The Hall–Kier alpha value is -2.76. The lowest BCUT2D eigenvalue weighted by Gasteiger charge is -2.21. The summed E-state index contributed by atoms with van der Waals surface area (Å²) in [7, 11) is 0. The topological polar surface area (TPSA) is 39.4 Å². The van der Waals surface area contributed by atoms with Gasteiger partial charge in [-0.25, -0.2) is 4.79 Å². The van der Waals surface area contributed by atoms with Gasteiger partial charge in [0.15, 0.2) is 0 Å². The molecule has 2 aromatic carbocycles.